The van der Waals surface area contributed by atoms with Gasteiger partial charge < -0.3 is 0 Å². The van der Waals surface area contributed by atoms with E-state index in [2.05, 4.69) is 42.5 Å². The van der Waals surface area contributed by atoms with E-state index in [0.29, 0.717) is 0 Å². The summed E-state index contributed by atoms with van der Waals surface area (Å²) in [6.45, 7) is 0. The first-order valence-corrected chi connectivity index (χ1v) is 6.49. The van der Waals surface area contributed by atoms with Gasteiger partial charge in [0.2, 0.25) is 0 Å². The van der Waals surface area contributed by atoms with Crippen molar-refractivity contribution in [2.24, 2.45) is 0 Å². The smallest absolute Gasteiger partial charge is 0.185 e. The fraction of sp³-hybridized carbons (Fsp3) is 0.0556. The molecule has 1 aliphatic carbocycles. The summed E-state index contributed by atoms with van der Waals surface area (Å²) < 4.78 is 0. The molecule has 0 unspecified atom stereocenters. The number of ketones is 1. The van der Waals surface area contributed by atoms with Crippen LogP contribution in [-0.4, -0.2) is 5.78 Å². The molecule has 0 bridgehead atoms. The first-order chi connectivity index (χ1) is 9.34. The Morgan fingerprint density at radius 2 is 1.63 bits per heavy atom. The molecule has 3 aromatic rings. The minimum absolute atomic E-state index is 0.122. The van der Waals surface area contributed by atoms with Gasteiger partial charge in [0.1, 0.15) is 0 Å². The Bertz CT molecular complexity index is 856. The first-order valence-electron chi connectivity index (χ1n) is 6.49. The number of carbonyl (C=O) groups excluding carboxylic acids is 1. The molecule has 3 aromatic carbocycles. The highest BCUT2D eigenvalue weighted by molar-refractivity contribution is 6.14. The second kappa shape index (κ2) is 3.79. The fourth-order valence-corrected chi connectivity index (χ4v) is 2.98. The molecule has 90 valence electrons. The quantitative estimate of drug-likeness (QED) is 0.539. The van der Waals surface area contributed by atoms with E-state index in [-0.39, 0.29) is 5.78 Å². The largest absolute Gasteiger partial charge is 0.289 e. The molecule has 0 N–H and O–H groups in total. The van der Waals surface area contributed by atoms with Gasteiger partial charge in [-0.2, -0.15) is 0 Å². The van der Waals surface area contributed by atoms with E-state index in [9.17, 15) is 4.79 Å². The zero-order valence-electron chi connectivity index (χ0n) is 10.4. The SMILES string of the molecule is O=C1C=CCc2c1ccc1c2ccc2ccccc21. The number of carbonyl (C=O) groups is 1. The van der Waals surface area contributed by atoms with E-state index in [1.165, 1.54) is 21.5 Å². The van der Waals surface area contributed by atoms with Crippen LogP contribution in [0.15, 0.2) is 60.7 Å². The third-order valence-electron chi connectivity index (χ3n) is 3.89. The van der Waals surface area contributed by atoms with Crippen LogP contribution >= 0.6 is 0 Å². The average Bonchev–Trinajstić information content (AvgIpc) is 2.47. The van der Waals surface area contributed by atoms with E-state index in [1.807, 2.05) is 12.1 Å². The molecular formula is C18H12O. The van der Waals surface area contributed by atoms with Gasteiger partial charge in [-0.25, -0.2) is 0 Å². The molecule has 0 aromatic heterocycles. The maximum absolute atomic E-state index is 11.9. The Morgan fingerprint density at radius 3 is 2.58 bits per heavy atom. The summed E-state index contributed by atoms with van der Waals surface area (Å²) in [6, 6.07) is 16.7. The highest BCUT2D eigenvalue weighted by Gasteiger charge is 2.15. The Morgan fingerprint density at radius 1 is 0.789 bits per heavy atom. The predicted octanol–water partition coefficient (Wildman–Crippen LogP) is 4.29. The third kappa shape index (κ3) is 1.45. The monoisotopic (exact) mass is 244 g/mol. The van der Waals surface area contributed by atoms with Gasteiger partial charge >= 0.3 is 0 Å². The number of benzene rings is 3. The van der Waals surface area contributed by atoms with Crippen LogP contribution in [0, 0.1) is 0 Å². The summed E-state index contributed by atoms with van der Waals surface area (Å²) in [5, 5.41) is 4.94. The summed E-state index contributed by atoms with van der Waals surface area (Å²) in [7, 11) is 0. The van der Waals surface area contributed by atoms with E-state index < -0.39 is 0 Å². The van der Waals surface area contributed by atoms with Crippen molar-refractivity contribution in [3.8, 4) is 0 Å². The topological polar surface area (TPSA) is 17.1 Å². The molecule has 0 amide bonds. The molecule has 0 radical (unpaired) electrons. The number of allylic oxidation sites excluding steroid dienone is 2. The Balaban J connectivity index is 2.17. The molecule has 4 rings (SSSR count). The lowest BCUT2D eigenvalue weighted by atomic mass is 9.89. The van der Waals surface area contributed by atoms with Gasteiger partial charge in [-0.15, -0.1) is 0 Å². The van der Waals surface area contributed by atoms with Crippen LogP contribution in [0.4, 0.5) is 0 Å². The van der Waals surface area contributed by atoms with Crippen molar-refractivity contribution in [3.05, 3.63) is 71.8 Å². The second-order valence-electron chi connectivity index (χ2n) is 4.94. The highest BCUT2D eigenvalue weighted by atomic mass is 16.1. The van der Waals surface area contributed by atoms with Crippen LogP contribution in [0.3, 0.4) is 0 Å². The summed E-state index contributed by atoms with van der Waals surface area (Å²) in [6.07, 6.45) is 4.48. The summed E-state index contributed by atoms with van der Waals surface area (Å²) in [4.78, 5) is 11.9. The lowest BCUT2D eigenvalue weighted by Gasteiger charge is -2.14. The average molecular weight is 244 g/mol. The van der Waals surface area contributed by atoms with Crippen LogP contribution in [0.1, 0.15) is 15.9 Å². The maximum Gasteiger partial charge on any atom is 0.185 e. The lowest BCUT2D eigenvalue weighted by molar-refractivity contribution is 0.104. The maximum atomic E-state index is 11.9. The fourth-order valence-electron chi connectivity index (χ4n) is 2.98. The van der Waals surface area contributed by atoms with Gasteiger partial charge in [0.25, 0.3) is 0 Å². The normalized spacial score (nSPS) is 14.0. The van der Waals surface area contributed by atoms with Crippen molar-refractivity contribution in [2.45, 2.75) is 6.42 Å². The van der Waals surface area contributed by atoms with Gasteiger partial charge in [0.15, 0.2) is 5.78 Å². The van der Waals surface area contributed by atoms with Crippen LogP contribution in [0.2, 0.25) is 0 Å². The molecule has 0 fully saturated rings. The third-order valence-corrected chi connectivity index (χ3v) is 3.89. The highest BCUT2D eigenvalue weighted by Crippen LogP contribution is 2.31. The number of hydrogen-bond donors (Lipinski definition) is 0. The minimum atomic E-state index is 0.122. The van der Waals surface area contributed by atoms with Gasteiger partial charge in [-0.3, -0.25) is 4.79 Å². The van der Waals surface area contributed by atoms with Crippen LogP contribution in [0.5, 0.6) is 0 Å². The minimum Gasteiger partial charge on any atom is -0.289 e. The van der Waals surface area contributed by atoms with Crippen molar-refractivity contribution in [1.29, 1.82) is 0 Å². The van der Waals surface area contributed by atoms with Gasteiger partial charge in [-0.1, -0.05) is 54.6 Å². The van der Waals surface area contributed by atoms with Crippen molar-refractivity contribution >= 4 is 27.3 Å². The summed E-state index contributed by atoms with van der Waals surface area (Å²) >= 11 is 0. The van der Waals surface area contributed by atoms with Gasteiger partial charge in [0.05, 0.1) is 0 Å². The predicted molar refractivity (Wildman–Crippen MR) is 78.6 cm³/mol. The molecular weight excluding hydrogens is 232 g/mol. The number of rotatable bonds is 0. The molecule has 0 atom stereocenters. The summed E-state index contributed by atoms with van der Waals surface area (Å²) in [5.41, 5.74) is 2.01. The van der Waals surface area contributed by atoms with Crippen molar-refractivity contribution in [3.63, 3.8) is 0 Å². The van der Waals surface area contributed by atoms with Crippen LogP contribution in [0.25, 0.3) is 21.5 Å². The van der Waals surface area contributed by atoms with E-state index in [4.69, 9.17) is 0 Å². The number of hydrogen-bond acceptors (Lipinski definition) is 1. The molecule has 0 saturated heterocycles. The molecule has 1 nitrogen and oxygen atoms in total. The van der Waals surface area contributed by atoms with Crippen LogP contribution < -0.4 is 0 Å². The molecule has 19 heavy (non-hydrogen) atoms. The van der Waals surface area contributed by atoms with Crippen molar-refractivity contribution in [2.75, 3.05) is 0 Å². The van der Waals surface area contributed by atoms with E-state index in [0.717, 1.165) is 17.5 Å². The zero-order chi connectivity index (χ0) is 12.8. The summed E-state index contributed by atoms with van der Waals surface area (Å²) in [5.74, 6) is 0.122. The first kappa shape index (κ1) is 10.5. The van der Waals surface area contributed by atoms with Crippen LogP contribution in [-0.2, 0) is 6.42 Å². The number of fused-ring (bicyclic) bond motifs is 5. The Kier molecular flexibility index (Phi) is 2.10. The molecule has 0 heterocycles. The van der Waals surface area contributed by atoms with E-state index >= 15 is 0 Å². The Labute approximate surface area is 111 Å². The lowest BCUT2D eigenvalue weighted by Crippen LogP contribution is -2.05. The van der Waals surface area contributed by atoms with Gasteiger partial charge in [-0.05, 0) is 39.6 Å². The second-order valence-corrected chi connectivity index (χ2v) is 4.94. The molecule has 0 aliphatic heterocycles. The Hall–Kier alpha value is -2.41. The molecule has 0 spiro atoms. The standard InChI is InChI=1S/C18H12O/c19-18-7-3-6-14-16-9-8-12-4-1-2-5-13(12)15(16)10-11-17(14)18/h1-5,7-11H,6H2. The van der Waals surface area contributed by atoms with Gasteiger partial charge in [0, 0.05) is 5.56 Å². The molecule has 0 saturated carbocycles. The molecule has 1 aliphatic rings. The van der Waals surface area contributed by atoms with E-state index in [1.54, 1.807) is 6.08 Å². The zero-order valence-corrected chi connectivity index (χ0v) is 10.4. The molecule has 1 heteroatoms. The van der Waals surface area contributed by atoms with Crippen molar-refractivity contribution in [1.82, 2.24) is 0 Å². The van der Waals surface area contributed by atoms with Crippen molar-refractivity contribution < 1.29 is 4.79 Å².